The summed E-state index contributed by atoms with van der Waals surface area (Å²) in [5.41, 5.74) is 8.83. The predicted molar refractivity (Wildman–Crippen MR) is 114 cm³/mol. The van der Waals surface area contributed by atoms with E-state index in [-0.39, 0.29) is 0 Å². The van der Waals surface area contributed by atoms with Crippen LogP contribution >= 0.6 is 0 Å². The summed E-state index contributed by atoms with van der Waals surface area (Å²) >= 11 is 0. The zero-order chi connectivity index (χ0) is 18.2. The van der Waals surface area contributed by atoms with Crippen molar-refractivity contribution in [2.24, 2.45) is 15.9 Å². The minimum Gasteiger partial charge on any atom is -0.280 e. The number of hydrogen-bond acceptors (Lipinski definition) is 2. The first-order chi connectivity index (χ1) is 13.3. The monoisotopic (exact) mass is 354 g/mol. The van der Waals surface area contributed by atoms with Gasteiger partial charge >= 0.3 is 0 Å². The number of fused-ring (bicyclic) bond motifs is 1. The Balaban J connectivity index is 1.38. The summed E-state index contributed by atoms with van der Waals surface area (Å²) in [6, 6.07) is 15.7. The molecule has 136 valence electrons. The van der Waals surface area contributed by atoms with Crippen LogP contribution < -0.4 is 0 Å². The Labute approximate surface area is 161 Å². The first kappa shape index (κ1) is 16.7. The minimum absolute atomic E-state index is 0.533. The lowest BCUT2D eigenvalue weighted by atomic mass is 9.86. The van der Waals surface area contributed by atoms with Gasteiger partial charge in [0.1, 0.15) is 0 Å². The van der Waals surface area contributed by atoms with Crippen LogP contribution in [0.5, 0.6) is 0 Å². The fourth-order valence-corrected chi connectivity index (χ4v) is 4.76. The molecule has 0 amide bonds. The van der Waals surface area contributed by atoms with Gasteiger partial charge in [-0.25, -0.2) is 0 Å². The van der Waals surface area contributed by atoms with Gasteiger partial charge in [0, 0.05) is 17.7 Å². The number of benzene rings is 2. The van der Waals surface area contributed by atoms with E-state index < -0.39 is 0 Å². The molecule has 1 atom stereocenters. The normalized spacial score (nSPS) is 21.4. The van der Waals surface area contributed by atoms with Gasteiger partial charge in [0.15, 0.2) is 0 Å². The molecule has 2 nitrogen and oxygen atoms in total. The second kappa shape index (κ2) is 6.92. The highest BCUT2D eigenvalue weighted by atomic mass is 14.8. The van der Waals surface area contributed by atoms with Crippen LogP contribution in [0.1, 0.15) is 60.8 Å². The van der Waals surface area contributed by atoms with Crippen molar-refractivity contribution in [3.8, 4) is 0 Å². The van der Waals surface area contributed by atoms with Crippen molar-refractivity contribution in [1.82, 2.24) is 0 Å². The average molecular weight is 354 g/mol. The second-order valence-corrected chi connectivity index (χ2v) is 8.04. The molecule has 1 unspecified atom stereocenters. The average Bonchev–Trinajstić information content (AvgIpc) is 3.47. The fraction of sp³-hybridized carbons (Fsp3) is 0.360. The Morgan fingerprint density at radius 2 is 1.74 bits per heavy atom. The van der Waals surface area contributed by atoms with E-state index in [0.717, 1.165) is 30.3 Å². The maximum Gasteiger partial charge on any atom is 0.0671 e. The molecule has 0 radical (unpaired) electrons. The van der Waals surface area contributed by atoms with E-state index in [0.29, 0.717) is 5.92 Å². The molecule has 2 heteroatoms. The van der Waals surface area contributed by atoms with Gasteiger partial charge in [-0.05, 0) is 59.6 Å². The van der Waals surface area contributed by atoms with Crippen LogP contribution in [0.15, 0.2) is 58.5 Å². The van der Waals surface area contributed by atoms with Gasteiger partial charge in [-0.15, -0.1) is 0 Å². The Morgan fingerprint density at radius 1 is 0.963 bits per heavy atom. The SMILES string of the molecule is CCc1ccc(C2=CC(c3ccc4c(c3)N=CC4C3CCCC3)=NC2)cc1. The van der Waals surface area contributed by atoms with Crippen LogP contribution in [0.25, 0.3) is 5.57 Å². The minimum atomic E-state index is 0.533. The maximum atomic E-state index is 4.80. The van der Waals surface area contributed by atoms with E-state index in [1.807, 2.05) is 0 Å². The number of nitrogens with zero attached hydrogens (tertiary/aromatic N) is 2. The molecule has 2 aromatic rings. The van der Waals surface area contributed by atoms with Gasteiger partial charge in [-0.1, -0.05) is 56.2 Å². The highest BCUT2D eigenvalue weighted by Crippen LogP contribution is 2.43. The largest absolute Gasteiger partial charge is 0.280 e. The summed E-state index contributed by atoms with van der Waals surface area (Å²) < 4.78 is 0. The van der Waals surface area contributed by atoms with Crippen molar-refractivity contribution in [2.45, 2.75) is 44.9 Å². The summed E-state index contributed by atoms with van der Waals surface area (Å²) in [6.45, 7) is 2.96. The number of aliphatic imine (C=N–C) groups is 2. The maximum absolute atomic E-state index is 4.80. The standard InChI is InChI=1S/C25H26N2/c1-2-17-7-9-18(10-8-17)21-14-24(26-15-21)20-11-12-22-23(16-27-25(22)13-20)19-5-3-4-6-19/h7-14,16,19,23H,2-6,15H2,1H3. The topological polar surface area (TPSA) is 24.7 Å². The van der Waals surface area contributed by atoms with Crippen molar-refractivity contribution in [3.63, 3.8) is 0 Å². The molecule has 2 aliphatic heterocycles. The van der Waals surface area contributed by atoms with Crippen molar-refractivity contribution in [2.75, 3.05) is 6.54 Å². The Morgan fingerprint density at radius 3 is 2.52 bits per heavy atom. The summed E-state index contributed by atoms with van der Waals surface area (Å²) in [6.07, 6.45) is 11.0. The highest BCUT2D eigenvalue weighted by molar-refractivity contribution is 6.15. The van der Waals surface area contributed by atoms with Gasteiger partial charge in [0.2, 0.25) is 0 Å². The molecule has 1 fully saturated rings. The van der Waals surface area contributed by atoms with Crippen molar-refractivity contribution in [1.29, 1.82) is 0 Å². The zero-order valence-corrected chi connectivity index (χ0v) is 16.0. The molecule has 3 aliphatic rings. The first-order valence-electron chi connectivity index (χ1n) is 10.3. The molecule has 0 N–H and O–H groups in total. The molecule has 0 aromatic heterocycles. The van der Waals surface area contributed by atoms with Crippen LogP contribution in [-0.4, -0.2) is 18.5 Å². The van der Waals surface area contributed by atoms with Crippen molar-refractivity contribution in [3.05, 3.63) is 70.8 Å². The molecule has 5 rings (SSSR count). The molecular weight excluding hydrogens is 328 g/mol. The molecule has 1 aliphatic carbocycles. The lowest BCUT2D eigenvalue weighted by molar-refractivity contribution is 0.523. The van der Waals surface area contributed by atoms with Crippen LogP contribution in [0.4, 0.5) is 5.69 Å². The summed E-state index contributed by atoms with van der Waals surface area (Å²) in [4.78, 5) is 9.55. The van der Waals surface area contributed by atoms with E-state index in [1.165, 1.54) is 53.5 Å². The molecule has 2 aromatic carbocycles. The van der Waals surface area contributed by atoms with Gasteiger partial charge in [0.25, 0.3) is 0 Å². The third-order valence-electron chi connectivity index (χ3n) is 6.43. The van der Waals surface area contributed by atoms with Crippen LogP contribution in [0.2, 0.25) is 0 Å². The smallest absolute Gasteiger partial charge is 0.0671 e. The first-order valence-corrected chi connectivity index (χ1v) is 10.3. The molecule has 27 heavy (non-hydrogen) atoms. The number of hydrogen-bond donors (Lipinski definition) is 0. The van der Waals surface area contributed by atoms with Gasteiger partial charge < -0.3 is 0 Å². The molecular formula is C25H26N2. The lowest BCUT2D eigenvalue weighted by Crippen LogP contribution is -2.08. The van der Waals surface area contributed by atoms with Crippen LogP contribution in [0.3, 0.4) is 0 Å². The Hall–Kier alpha value is -2.48. The van der Waals surface area contributed by atoms with E-state index in [4.69, 9.17) is 9.98 Å². The molecule has 1 saturated carbocycles. The Kier molecular flexibility index (Phi) is 4.27. The van der Waals surface area contributed by atoms with E-state index >= 15 is 0 Å². The molecule has 2 heterocycles. The number of allylic oxidation sites excluding steroid dienone is 1. The third kappa shape index (κ3) is 3.07. The number of aryl methyl sites for hydroxylation is 1. The predicted octanol–water partition coefficient (Wildman–Crippen LogP) is 6.13. The van der Waals surface area contributed by atoms with Gasteiger partial charge in [-0.3, -0.25) is 9.98 Å². The summed E-state index contributed by atoms with van der Waals surface area (Å²) in [5, 5.41) is 0. The summed E-state index contributed by atoms with van der Waals surface area (Å²) in [5.74, 6) is 1.33. The third-order valence-corrected chi connectivity index (χ3v) is 6.43. The van der Waals surface area contributed by atoms with Gasteiger partial charge in [-0.2, -0.15) is 0 Å². The lowest BCUT2D eigenvalue weighted by Gasteiger charge is -2.17. The highest BCUT2D eigenvalue weighted by Gasteiger charge is 2.29. The fourth-order valence-electron chi connectivity index (χ4n) is 4.76. The Bertz CT molecular complexity index is 941. The molecule has 0 saturated heterocycles. The van der Waals surface area contributed by atoms with E-state index in [9.17, 15) is 0 Å². The second-order valence-electron chi connectivity index (χ2n) is 8.04. The van der Waals surface area contributed by atoms with Crippen molar-refractivity contribution >= 4 is 23.2 Å². The van der Waals surface area contributed by atoms with Crippen LogP contribution in [-0.2, 0) is 6.42 Å². The quantitative estimate of drug-likeness (QED) is 0.631. The van der Waals surface area contributed by atoms with E-state index in [2.05, 4.69) is 61.7 Å². The van der Waals surface area contributed by atoms with Crippen molar-refractivity contribution < 1.29 is 0 Å². The molecule has 0 spiro atoms. The van der Waals surface area contributed by atoms with Gasteiger partial charge in [0.05, 0.1) is 17.9 Å². The molecule has 0 bridgehead atoms. The summed E-state index contributed by atoms with van der Waals surface area (Å²) in [7, 11) is 0. The van der Waals surface area contributed by atoms with E-state index in [1.54, 1.807) is 0 Å². The zero-order valence-electron chi connectivity index (χ0n) is 16.0. The number of rotatable bonds is 4. The van der Waals surface area contributed by atoms with Crippen LogP contribution in [0, 0.1) is 5.92 Å².